The van der Waals surface area contributed by atoms with Crippen LogP contribution < -0.4 is 10.1 Å². The zero-order valence-electron chi connectivity index (χ0n) is 14.9. The Balaban J connectivity index is 1.63. The number of fused-ring (bicyclic) bond motifs is 1. The van der Waals surface area contributed by atoms with E-state index in [-0.39, 0.29) is 11.9 Å². The van der Waals surface area contributed by atoms with Crippen molar-refractivity contribution in [3.63, 3.8) is 0 Å². The third kappa shape index (κ3) is 3.54. The lowest BCUT2D eigenvalue weighted by Crippen LogP contribution is -2.48. The number of hydrogen-bond donors (Lipinski definition) is 1. The van der Waals surface area contributed by atoms with E-state index in [1.807, 2.05) is 6.92 Å². The molecule has 0 radical (unpaired) electrons. The number of rotatable bonds is 4. The first-order valence-electron chi connectivity index (χ1n) is 8.65. The molecule has 24 heavy (non-hydrogen) atoms. The second-order valence-corrected chi connectivity index (χ2v) is 7.16. The molecule has 0 bridgehead atoms. The van der Waals surface area contributed by atoms with E-state index < -0.39 is 0 Å². The van der Waals surface area contributed by atoms with Gasteiger partial charge in [0, 0.05) is 30.9 Å². The molecule has 6 nitrogen and oxygen atoms in total. The summed E-state index contributed by atoms with van der Waals surface area (Å²) in [6.07, 6.45) is 2.82. The van der Waals surface area contributed by atoms with Crippen molar-refractivity contribution in [3.05, 3.63) is 23.5 Å². The van der Waals surface area contributed by atoms with Crippen LogP contribution in [0.4, 0.5) is 0 Å². The smallest absolute Gasteiger partial charge is 0.255 e. The second kappa shape index (κ2) is 7.07. The van der Waals surface area contributed by atoms with Crippen LogP contribution >= 0.6 is 0 Å². The maximum atomic E-state index is 12.6. The molecule has 2 aliphatic heterocycles. The van der Waals surface area contributed by atoms with Gasteiger partial charge >= 0.3 is 0 Å². The van der Waals surface area contributed by atoms with E-state index in [1.54, 1.807) is 19.4 Å². The van der Waals surface area contributed by atoms with Gasteiger partial charge in [-0.1, -0.05) is 13.8 Å². The van der Waals surface area contributed by atoms with Crippen LogP contribution in [0.3, 0.4) is 0 Å². The number of morpholine rings is 1. The van der Waals surface area contributed by atoms with Crippen LogP contribution in [0.1, 0.15) is 36.3 Å². The van der Waals surface area contributed by atoms with Gasteiger partial charge < -0.3 is 14.8 Å². The van der Waals surface area contributed by atoms with Crippen molar-refractivity contribution < 1.29 is 14.3 Å². The van der Waals surface area contributed by atoms with Crippen molar-refractivity contribution in [1.29, 1.82) is 0 Å². The van der Waals surface area contributed by atoms with Gasteiger partial charge in [-0.2, -0.15) is 0 Å². The highest BCUT2D eigenvalue weighted by atomic mass is 16.5. The highest BCUT2D eigenvalue weighted by Gasteiger charge is 2.38. The van der Waals surface area contributed by atoms with Crippen molar-refractivity contribution in [2.24, 2.45) is 5.92 Å². The molecule has 2 aliphatic rings. The van der Waals surface area contributed by atoms with Gasteiger partial charge in [-0.05, 0) is 25.3 Å². The van der Waals surface area contributed by atoms with Gasteiger partial charge in [0.15, 0.2) is 0 Å². The Labute approximate surface area is 143 Å². The number of aryl methyl sites for hydroxylation is 1. The van der Waals surface area contributed by atoms with Crippen LogP contribution in [-0.2, 0) is 4.74 Å². The molecule has 2 fully saturated rings. The zero-order valence-corrected chi connectivity index (χ0v) is 14.9. The molecule has 132 valence electrons. The van der Waals surface area contributed by atoms with Gasteiger partial charge in [-0.25, -0.2) is 0 Å². The number of methoxy groups -OCH3 is 1. The Morgan fingerprint density at radius 3 is 2.96 bits per heavy atom. The summed E-state index contributed by atoms with van der Waals surface area (Å²) in [5.41, 5.74) is 1.35. The molecular formula is C18H27N3O3. The summed E-state index contributed by atoms with van der Waals surface area (Å²) in [7, 11) is 1.56. The molecule has 3 rings (SSSR count). The second-order valence-electron chi connectivity index (χ2n) is 7.16. The van der Waals surface area contributed by atoms with E-state index in [0.29, 0.717) is 29.4 Å². The highest BCUT2D eigenvalue weighted by Crippen LogP contribution is 2.26. The fourth-order valence-electron chi connectivity index (χ4n) is 3.56. The van der Waals surface area contributed by atoms with Gasteiger partial charge in [0.25, 0.3) is 5.91 Å². The lowest BCUT2D eigenvalue weighted by molar-refractivity contribution is -0.0683. The van der Waals surface area contributed by atoms with Crippen molar-refractivity contribution in [2.75, 3.05) is 26.8 Å². The minimum absolute atomic E-state index is 0.0940. The fraction of sp³-hybridized carbons (Fsp3) is 0.667. The lowest BCUT2D eigenvalue weighted by atomic mass is 10.0. The standard InChI is InChI=1S/C18H27N3O3/c1-11(2)17-9-21-8-13(6-14(21)10-24-17)20-18(22)15-5-12(3)19-7-16(15)23-4/h5,7,11,13-14,17H,6,8-10H2,1-4H3,(H,20,22)/t13-,14-,17+/m0/s1. The molecule has 2 saturated heterocycles. The Morgan fingerprint density at radius 1 is 1.46 bits per heavy atom. The van der Waals surface area contributed by atoms with E-state index in [1.165, 1.54) is 0 Å². The van der Waals surface area contributed by atoms with Crippen molar-refractivity contribution in [2.45, 2.75) is 45.4 Å². The fourth-order valence-corrected chi connectivity index (χ4v) is 3.56. The summed E-state index contributed by atoms with van der Waals surface area (Å²) in [5.74, 6) is 0.934. The number of carbonyl (C=O) groups excluding carboxylic acids is 1. The van der Waals surface area contributed by atoms with Crippen LogP contribution in [0.2, 0.25) is 0 Å². The van der Waals surface area contributed by atoms with E-state index in [2.05, 4.69) is 29.0 Å². The predicted octanol–water partition coefficient (Wildman–Crippen LogP) is 1.63. The molecule has 1 amide bonds. The number of carbonyl (C=O) groups is 1. The van der Waals surface area contributed by atoms with Gasteiger partial charge in [-0.15, -0.1) is 0 Å². The number of aromatic nitrogens is 1. The van der Waals surface area contributed by atoms with Crippen molar-refractivity contribution in [1.82, 2.24) is 15.2 Å². The molecule has 1 aromatic heterocycles. The summed E-state index contributed by atoms with van der Waals surface area (Å²) >= 11 is 0. The first-order chi connectivity index (χ1) is 11.5. The topological polar surface area (TPSA) is 63.7 Å². The minimum atomic E-state index is -0.0940. The van der Waals surface area contributed by atoms with Gasteiger partial charge in [0.1, 0.15) is 5.75 Å². The number of ether oxygens (including phenoxy) is 2. The summed E-state index contributed by atoms with van der Waals surface area (Å²) < 4.78 is 11.2. The molecule has 6 heteroatoms. The lowest BCUT2D eigenvalue weighted by Gasteiger charge is -2.36. The van der Waals surface area contributed by atoms with Crippen LogP contribution in [0.5, 0.6) is 5.75 Å². The van der Waals surface area contributed by atoms with Gasteiger partial charge in [-0.3, -0.25) is 14.7 Å². The number of pyridine rings is 1. The predicted molar refractivity (Wildman–Crippen MR) is 91.3 cm³/mol. The molecule has 3 atom stereocenters. The average Bonchev–Trinajstić information content (AvgIpc) is 2.95. The Morgan fingerprint density at radius 2 is 2.25 bits per heavy atom. The SMILES string of the molecule is COc1cnc(C)cc1C(=O)N[C@H]1C[C@H]2CO[C@@H](C(C)C)CN2C1. The van der Waals surface area contributed by atoms with Crippen molar-refractivity contribution >= 4 is 5.91 Å². The van der Waals surface area contributed by atoms with Gasteiger partial charge in [0.05, 0.1) is 31.6 Å². The average molecular weight is 333 g/mol. The Bertz CT molecular complexity index is 605. The maximum Gasteiger partial charge on any atom is 0.255 e. The molecule has 3 heterocycles. The minimum Gasteiger partial charge on any atom is -0.494 e. The van der Waals surface area contributed by atoms with Crippen LogP contribution in [0.25, 0.3) is 0 Å². The summed E-state index contributed by atoms with van der Waals surface area (Å²) in [6, 6.07) is 2.33. The Kier molecular flexibility index (Phi) is 5.06. The Hall–Kier alpha value is -1.66. The normalized spacial score (nSPS) is 27.1. The molecule has 0 aromatic carbocycles. The monoisotopic (exact) mass is 333 g/mol. The zero-order chi connectivity index (χ0) is 17.3. The number of nitrogens with one attached hydrogen (secondary N) is 1. The molecule has 0 aliphatic carbocycles. The first-order valence-corrected chi connectivity index (χ1v) is 8.65. The summed E-state index contributed by atoms with van der Waals surface area (Å²) in [6.45, 7) is 8.85. The van der Waals surface area contributed by atoms with E-state index in [9.17, 15) is 4.79 Å². The molecule has 0 unspecified atom stereocenters. The van der Waals surface area contributed by atoms with Crippen LogP contribution in [0.15, 0.2) is 12.3 Å². The number of amides is 1. The van der Waals surface area contributed by atoms with Crippen LogP contribution in [0, 0.1) is 12.8 Å². The van der Waals surface area contributed by atoms with E-state index in [0.717, 1.165) is 31.8 Å². The third-order valence-corrected chi connectivity index (χ3v) is 4.99. The van der Waals surface area contributed by atoms with E-state index in [4.69, 9.17) is 9.47 Å². The summed E-state index contributed by atoms with van der Waals surface area (Å²) in [5, 5.41) is 3.15. The van der Waals surface area contributed by atoms with Gasteiger partial charge in [0.2, 0.25) is 0 Å². The first kappa shape index (κ1) is 17.2. The van der Waals surface area contributed by atoms with Crippen molar-refractivity contribution in [3.8, 4) is 5.75 Å². The van der Waals surface area contributed by atoms with E-state index >= 15 is 0 Å². The highest BCUT2D eigenvalue weighted by molar-refractivity contribution is 5.97. The molecule has 1 aromatic rings. The largest absolute Gasteiger partial charge is 0.494 e. The number of nitrogens with zero attached hydrogens (tertiary/aromatic N) is 2. The third-order valence-electron chi connectivity index (χ3n) is 4.99. The van der Waals surface area contributed by atoms with Crippen LogP contribution in [-0.4, -0.2) is 60.8 Å². The summed E-state index contributed by atoms with van der Waals surface area (Å²) in [4.78, 5) is 19.3. The molecular weight excluding hydrogens is 306 g/mol. The maximum absolute atomic E-state index is 12.6. The molecule has 1 N–H and O–H groups in total. The quantitative estimate of drug-likeness (QED) is 0.907. The molecule has 0 saturated carbocycles. The number of hydrogen-bond acceptors (Lipinski definition) is 5. The molecule has 0 spiro atoms.